The number of unbranched alkanes of at least 4 members (excludes halogenated alkanes) is 4. The van der Waals surface area contributed by atoms with E-state index in [1.165, 1.54) is 12.8 Å². The van der Waals surface area contributed by atoms with Gasteiger partial charge < -0.3 is 9.30 Å². The average Bonchev–Trinajstić information content (AvgIpc) is 2.81. The molecule has 17 heavy (non-hydrogen) atoms. The number of aryl methyl sites for hydroxylation is 1. The molecule has 0 bridgehead atoms. The molecule has 0 N–H and O–H groups in total. The first-order valence-corrected chi connectivity index (χ1v) is 6.36. The molecule has 1 aromatic rings. The Morgan fingerprint density at radius 3 is 2.76 bits per heavy atom. The summed E-state index contributed by atoms with van der Waals surface area (Å²) in [6.07, 6.45) is 12.6. The highest BCUT2D eigenvalue weighted by molar-refractivity contribution is 5.69. The van der Waals surface area contributed by atoms with Crippen LogP contribution in [0.25, 0.3) is 0 Å². The van der Waals surface area contributed by atoms with Gasteiger partial charge in [0.05, 0.1) is 12.9 Å². The summed E-state index contributed by atoms with van der Waals surface area (Å²) in [5.74, 6) is -0.0681. The van der Waals surface area contributed by atoms with Crippen molar-refractivity contribution in [1.82, 2.24) is 9.55 Å². The third kappa shape index (κ3) is 6.76. The van der Waals surface area contributed by atoms with Crippen LogP contribution in [0.2, 0.25) is 0 Å². The second-order valence-corrected chi connectivity index (χ2v) is 4.06. The van der Waals surface area contributed by atoms with Gasteiger partial charge in [-0.1, -0.05) is 19.3 Å². The van der Waals surface area contributed by atoms with E-state index in [1.807, 2.05) is 17.7 Å². The Balaban J connectivity index is 1.86. The summed E-state index contributed by atoms with van der Waals surface area (Å²) in [5, 5.41) is 0. The van der Waals surface area contributed by atoms with Crippen LogP contribution in [-0.2, 0) is 16.1 Å². The van der Waals surface area contributed by atoms with Crippen molar-refractivity contribution in [3.05, 3.63) is 18.7 Å². The average molecular weight is 237 g/mol. The van der Waals surface area contributed by atoms with E-state index in [0.717, 1.165) is 25.8 Å². The van der Waals surface area contributed by atoms with Crippen molar-refractivity contribution in [3.63, 3.8) is 0 Å². The molecule has 1 radical (unpaired) electrons. The quantitative estimate of drug-likeness (QED) is 0.490. The van der Waals surface area contributed by atoms with Crippen molar-refractivity contribution in [2.24, 2.45) is 0 Å². The molecule has 0 fully saturated rings. The maximum absolute atomic E-state index is 11.1. The van der Waals surface area contributed by atoms with Crippen LogP contribution < -0.4 is 0 Å². The van der Waals surface area contributed by atoms with Crippen molar-refractivity contribution < 1.29 is 9.53 Å². The van der Waals surface area contributed by atoms with Crippen LogP contribution in [0.15, 0.2) is 12.5 Å². The highest BCUT2D eigenvalue weighted by Gasteiger charge is 2.00. The number of imidazole rings is 1. The van der Waals surface area contributed by atoms with Gasteiger partial charge >= 0.3 is 5.97 Å². The Morgan fingerprint density at radius 2 is 2.06 bits per heavy atom. The van der Waals surface area contributed by atoms with Crippen LogP contribution in [0, 0.1) is 6.20 Å². The highest BCUT2D eigenvalue weighted by atomic mass is 16.5. The standard InChI is InChI=1S/C13H21N2O2/c1-2-17-13(16)8-6-4-3-5-7-10-15-11-9-14-12-15/h11-12H,2-8,10H2,1H3. The van der Waals surface area contributed by atoms with Gasteiger partial charge in [-0.25, -0.2) is 4.98 Å². The van der Waals surface area contributed by atoms with Crippen molar-refractivity contribution in [2.75, 3.05) is 6.61 Å². The zero-order chi connectivity index (χ0) is 12.3. The molecule has 0 saturated carbocycles. The number of esters is 1. The molecule has 0 unspecified atom stereocenters. The van der Waals surface area contributed by atoms with Gasteiger partial charge in [0.25, 0.3) is 0 Å². The van der Waals surface area contributed by atoms with Crippen molar-refractivity contribution in [2.45, 2.75) is 52.0 Å². The molecular weight excluding hydrogens is 216 g/mol. The Bertz CT molecular complexity index is 296. The van der Waals surface area contributed by atoms with E-state index in [9.17, 15) is 4.79 Å². The smallest absolute Gasteiger partial charge is 0.305 e. The highest BCUT2D eigenvalue weighted by Crippen LogP contribution is 2.07. The Kier molecular flexibility index (Phi) is 7.11. The van der Waals surface area contributed by atoms with Gasteiger partial charge in [0.15, 0.2) is 0 Å². The lowest BCUT2D eigenvalue weighted by Gasteiger charge is -2.03. The molecule has 0 aliphatic rings. The van der Waals surface area contributed by atoms with Gasteiger partial charge in [-0.2, -0.15) is 0 Å². The molecule has 0 aliphatic heterocycles. The van der Waals surface area contributed by atoms with Crippen LogP contribution in [0.1, 0.15) is 45.4 Å². The normalized spacial score (nSPS) is 10.4. The summed E-state index contributed by atoms with van der Waals surface area (Å²) < 4.78 is 6.91. The molecule has 0 aliphatic carbocycles. The maximum Gasteiger partial charge on any atom is 0.305 e. The monoisotopic (exact) mass is 237 g/mol. The molecule has 1 aromatic heterocycles. The second-order valence-electron chi connectivity index (χ2n) is 4.06. The predicted molar refractivity (Wildman–Crippen MR) is 65.4 cm³/mol. The van der Waals surface area contributed by atoms with E-state index in [0.29, 0.717) is 13.0 Å². The van der Waals surface area contributed by atoms with Crippen LogP contribution >= 0.6 is 0 Å². The van der Waals surface area contributed by atoms with Crippen LogP contribution in [-0.4, -0.2) is 22.1 Å². The molecule has 0 amide bonds. The SMILES string of the molecule is CCOC(=O)CCCCCCCn1c[c]nc1. The predicted octanol–water partition coefficient (Wildman–Crippen LogP) is 2.59. The van der Waals surface area contributed by atoms with Gasteiger partial charge in [0.2, 0.25) is 0 Å². The second kappa shape index (κ2) is 8.79. The largest absolute Gasteiger partial charge is 0.466 e. The number of carbonyl (C=O) groups excluding carboxylic acids is 1. The molecule has 1 rings (SSSR count). The maximum atomic E-state index is 11.1. The summed E-state index contributed by atoms with van der Waals surface area (Å²) in [5.41, 5.74) is 0. The first-order chi connectivity index (χ1) is 8.33. The summed E-state index contributed by atoms with van der Waals surface area (Å²) in [6, 6.07) is 0. The van der Waals surface area contributed by atoms with Gasteiger partial charge in [-0.15, -0.1) is 0 Å². The van der Waals surface area contributed by atoms with Crippen molar-refractivity contribution in [3.8, 4) is 0 Å². The van der Waals surface area contributed by atoms with Gasteiger partial charge in [0, 0.05) is 19.2 Å². The number of carbonyl (C=O) groups is 1. The molecule has 0 saturated heterocycles. The van der Waals surface area contributed by atoms with E-state index in [-0.39, 0.29) is 5.97 Å². The molecule has 95 valence electrons. The zero-order valence-electron chi connectivity index (χ0n) is 10.5. The minimum atomic E-state index is -0.0681. The number of hydrogen-bond acceptors (Lipinski definition) is 3. The van der Waals surface area contributed by atoms with E-state index >= 15 is 0 Å². The lowest BCUT2D eigenvalue weighted by atomic mass is 10.1. The van der Waals surface area contributed by atoms with Crippen LogP contribution in [0.4, 0.5) is 0 Å². The Hall–Kier alpha value is -1.32. The number of rotatable bonds is 9. The minimum absolute atomic E-state index is 0.0681. The fraction of sp³-hybridized carbons (Fsp3) is 0.692. The first-order valence-electron chi connectivity index (χ1n) is 6.36. The minimum Gasteiger partial charge on any atom is -0.466 e. The molecule has 0 spiro atoms. The van der Waals surface area contributed by atoms with E-state index < -0.39 is 0 Å². The number of hydrogen-bond donors (Lipinski definition) is 0. The third-order valence-corrected chi connectivity index (χ3v) is 2.61. The molecule has 1 heterocycles. The van der Waals surface area contributed by atoms with E-state index in [4.69, 9.17) is 4.74 Å². The van der Waals surface area contributed by atoms with Crippen LogP contribution in [0.3, 0.4) is 0 Å². The van der Waals surface area contributed by atoms with Gasteiger partial charge in [0.1, 0.15) is 6.20 Å². The fourth-order valence-corrected chi connectivity index (χ4v) is 1.70. The molecule has 4 nitrogen and oxygen atoms in total. The zero-order valence-corrected chi connectivity index (χ0v) is 10.5. The van der Waals surface area contributed by atoms with Gasteiger partial charge in [-0.3, -0.25) is 4.79 Å². The summed E-state index contributed by atoms with van der Waals surface area (Å²) in [7, 11) is 0. The Labute approximate surface area is 103 Å². The van der Waals surface area contributed by atoms with Crippen molar-refractivity contribution in [1.29, 1.82) is 0 Å². The van der Waals surface area contributed by atoms with Crippen LogP contribution in [0.5, 0.6) is 0 Å². The summed E-state index contributed by atoms with van der Waals surface area (Å²) >= 11 is 0. The third-order valence-electron chi connectivity index (χ3n) is 2.61. The molecule has 4 heteroatoms. The fourth-order valence-electron chi connectivity index (χ4n) is 1.70. The number of aromatic nitrogens is 2. The number of nitrogens with zero attached hydrogens (tertiary/aromatic N) is 2. The topological polar surface area (TPSA) is 44.1 Å². The van der Waals surface area contributed by atoms with E-state index in [1.54, 1.807) is 6.33 Å². The van der Waals surface area contributed by atoms with Crippen molar-refractivity contribution >= 4 is 5.97 Å². The number of ether oxygens (including phenoxy) is 1. The lowest BCUT2D eigenvalue weighted by Crippen LogP contribution is -2.03. The Morgan fingerprint density at radius 1 is 1.29 bits per heavy atom. The first kappa shape index (κ1) is 13.7. The summed E-state index contributed by atoms with van der Waals surface area (Å²) in [6.45, 7) is 3.33. The molecule has 0 atom stereocenters. The molecular formula is C13H21N2O2. The van der Waals surface area contributed by atoms with Gasteiger partial charge in [-0.05, 0) is 19.8 Å². The molecule has 0 aromatic carbocycles. The van der Waals surface area contributed by atoms with E-state index in [2.05, 4.69) is 11.2 Å². The summed E-state index contributed by atoms with van der Waals surface area (Å²) in [4.78, 5) is 14.9. The lowest BCUT2D eigenvalue weighted by molar-refractivity contribution is -0.143.